The van der Waals surface area contributed by atoms with Gasteiger partial charge >= 0.3 is 0 Å². The fraction of sp³-hybridized carbons (Fsp3) is 0.250. The molecule has 0 spiro atoms. The Bertz CT molecular complexity index is 1300. The zero-order chi connectivity index (χ0) is 23.4. The van der Waals surface area contributed by atoms with Crippen LogP contribution in [0.2, 0.25) is 0 Å². The number of nitrogens with one attached hydrogen (secondary N) is 2. The van der Waals surface area contributed by atoms with Crippen LogP contribution in [0.5, 0.6) is 5.75 Å². The molecule has 8 nitrogen and oxygen atoms in total. The van der Waals surface area contributed by atoms with Crippen molar-refractivity contribution < 1.29 is 9.53 Å². The van der Waals surface area contributed by atoms with E-state index in [1.54, 1.807) is 13.3 Å². The number of amides is 1. The molecule has 2 N–H and O–H groups in total. The highest BCUT2D eigenvalue weighted by Crippen LogP contribution is 2.29. The molecular weight excluding hydrogens is 436 g/mol. The molecule has 0 aliphatic heterocycles. The standard InChI is InChI=1S/C24H26N6O2S/c1-16-8-10-17(11-9-16)22-27-28-24(33)30(22)14-12-20(31)26-21(23-25-13-15-29(23)2)18-6-4-5-7-19(18)32-3/h4-11,13,15,21H,12,14H2,1-3H3,(H,26,31)(H,28,33). The lowest BCUT2D eigenvalue weighted by molar-refractivity contribution is -0.121. The van der Waals surface area contributed by atoms with Crippen LogP contribution in [0.15, 0.2) is 60.9 Å². The van der Waals surface area contributed by atoms with E-state index in [0.717, 1.165) is 16.7 Å². The van der Waals surface area contributed by atoms with Gasteiger partial charge in [0.25, 0.3) is 0 Å². The smallest absolute Gasteiger partial charge is 0.222 e. The lowest BCUT2D eigenvalue weighted by Crippen LogP contribution is -2.32. The third-order valence-corrected chi connectivity index (χ3v) is 5.81. The van der Waals surface area contributed by atoms with E-state index in [4.69, 9.17) is 17.0 Å². The van der Waals surface area contributed by atoms with Crippen LogP contribution in [0, 0.1) is 11.7 Å². The van der Waals surface area contributed by atoms with Crippen molar-refractivity contribution in [3.63, 3.8) is 0 Å². The topological polar surface area (TPSA) is 89.8 Å². The lowest BCUT2D eigenvalue weighted by atomic mass is 10.0. The fourth-order valence-electron chi connectivity index (χ4n) is 3.74. The Morgan fingerprint density at radius 2 is 1.97 bits per heavy atom. The zero-order valence-electron chi connectivity index (χ0n) is 18.8. The van der Waals surface area contributed by atoms with Gasteiger partial charge in [-0.2, -0.15) is 5.10 Å². The Morgan fingerprint density at radius 3 is 2.67 bits per heavy atom. The van der Waals surface area contributed by atoms with Crippen molar-refractivity contribution in [3.05, 3.63) is 82.6 Å². The molecule has 2 aromatic heterocycles. The Balaban J connectivity index is 1.55. The van der Waals surface area contributed by atoms with E-state index in [0.29, 0.717) is 28.7 Å². The predicted molar refractivity (Wildman–Crippen MR) is 128 cm³/mol. The number of hydrogen-bond donors (Lipinski definition) is 2. The van der Waals surface area contributed by atoms with Gasteiger partial charge < -0.3 is 14.6 Å². The van der Waals surface area contributed by atoms with Crippen molar-refractivity contribution in [3.8, 4) is 17.1 Å². The summed E-state index contributed by atoms with van der Waals surface area (Å²) in [7, 11) is 3.51. The maximum Gasteiger partial charge on any atom is 0.222 e. The third kappa shape index (κ3) is 4.88. The number of aromatic nitrogens is 5. The number of aryl methyl sites for hydroxylation is 2. The second kappa shape index (κ2) is 9.83. The number of methoxy groups -OCH3 is 1. The number of carbonyl (C=O) groups excluding carboxylic acids is 1. The van der Waals surface area contributed by atoms with Crippen molar-refractivity contribution in [1.82, 2.24) is 29.6 Å². The molecule has 9 heteroatoms. The summed E-state index contributed by atoms with van der Waals surface area (Å²) in [6.07, 6.45) is 3.79. The number of nitrogens with zero attached hydrogens (tertiary/aromatic N) is 4. The number of ether oxygens (including phenoxy) is 1. The van der Waals surface area contributed by atoms with Gasteiger partial charge in [0.15, 0.2) is 10.6 Å². The first-order valence-corrected chi connectivity index (χ1v) is 11.0. The maximum atomic E-state index is 13.1. The predicted octanol–water partition coefficient (Wildman–Crippen LogP) is 3.95. The summed E-state index contributed by atoms with van der Waals surface area (Å²) < 4.78 is 9.74. The molecule has 0 saturated carbocycles. The number of H-pyrrole nitrogens is 1. The van der Waals surface area contributed by atoms with Gasteiger partial charge in [0.2, 0.25) is 5.91 Å². The summed E-state index contributed by atoms with van der Waals surface area (Å²) in [6.45, 7) is 2.43. The minimum atomic E-state index is -0.456. The van der Waals surface area contributed by atoms with Crippen molar-refractivity contribution in [2.45, 2.75) is 25.9 Å². The monoisotopic (exact) mass is 462 g/mol. The van der Waals surface area contributed by atoms with Crippen molar-refractivity contribution in [2.24, 2.45) is 7.05 Å². The molecule has 4 aromatic rings. The van der Waals surface area contributed by atoms with Gasteiger partial charge in [-0.05, 0) is 25.2 Å². The van der Waals surface area contributed by atoms with Crippen LogP contribution in [0.3, 0.4) is 0 Å². The van der Waals surface area contributed by atoms with Gasteiger partial charge in [-0.15, -0.1) is 0 Å². The summed E-state index contributed by atoms with van der Waals surface area (Å²) in [5, 5.41) is 10.3. The van der Waals surface area contributed by atoms with E-state index in [-0.39, 0.29) is 12.3 Å². The summed E-state index contributed by atoms with van der Waals surface area (Å²) in [6, 6.07) is 15.2. The average Bonchev–Trinajstić information content (AvgIpc) is 3.41. The Morgan fingerprint density at radius 1 is 1.21 bits per heavy atom. The second-order valence-electron chi connectivity index (χ2n) is 7.76. The van der Waals surface area contributed by atoms with Gasteiger partial charge in [-0.3, -0.25) is 14.5 Å². The van der Waals surface area contributed by atoms with Crippen LogP contribution < -0.4 is 10.1 Å². The molecule has 0 fully saturated rings. The number of carbonyl (C=O) groups is 1. The average molecular weight is 463 g/mol. The van der Waals surface area contributed by atoms with Gasteiger partial charge in [0, 0.05) is 43.5 Å². The van der Waals surface area contributed by atoms with Gasteiger partial charge in [-0.1, -0.05) is 48.0 Å². The fourth-order valence-corrected chi connectivity index (χ4v) is 3.96. The Kier molecular flexibility index (Phi) is 6.69. The second-order valence-corrected chi connectivity index (χ2v) is 8.15. The SMILES string of the molecule is COc1ccccc1C(NC(=O)CCn1c(-c2ccc(C)cc2)n[nH]c1=S)c1nccn1C. The first kappa shape index (κ1) is 22.5. The number of hydrogen-bond acceptors (Lipinski definition) is 5. The van der Waals surface area contributed by atoms with Gasteiger partial charge in [0.1, 0.15) is 17.6 Å². The van der Waals surface area contributed by atoms with Crippen LogP contribution in [0.1, 0.15) is 29.4 Å². The van der Waals surface area contributed by atoms with Crippen LogP contribution in [0.4, 0.5) is 0 Å². The Hall–Kier alpha value is -3.72. The molecule has 1 unspecified atom stereocenters. The molecule has 0 radical (unpaired) electrons. The number of para-hydroxylation sites is 1. The molecule has 1 atom stereocenters. The molecule has 1 amide bonds. The van der Waals surface area contributed by atoms with Gasteiger partial charge in [0.05, 0.1) is 7.11 Å². The summed E-state index contributed by atoms with van der Waals surface area (Å²) in [5.41, 5.74) is 2.94. The highest BCUT2D eigenvalue weighted by molar-refractivity contribution is 7.71. The zero-order valence-corrected chi connectivity index (χ0v) is 19.6. The first-order valence-electron chi connectivity index (χ1n) is 10.6. The normalized spacial score (nSPS) is 11.8. The quantitative estimate of drug-likeness (QED) is 0.387. The van der Waals surface area contributed by atoms with Gasteiger partial charge in [-0.25, -0.2) is 4.98 Å². The van der Waals surface area contributed by atoms with Crippen molar-refractivity contribution in [2.75, 3.05) is 7.11 Å². The number of aromatic amines is 1. The highest BCUT2D eigenvalue weighted by atomic mass is 32.1. The summed E-state index contributed by atoms with van der Waals surface area (Å²) >= 11 is 5.41. The van der Waals surface area contributed by atoms with E-state index in [1.807, 2.05) is 77.8 Å². The third-order valence-electron chi connectivity index (χ3n) is 5.50. The number of rotatable bonds is 8. The minimum Gasteiger partial charge on any atom is -0.496 e. The highest BCUT2D eigenvalue weighted by Gasteiger charge is 2.24. The molecule has 2 aromatic carbocycles. The molecular formula is C24H26N6O2S. The van der Waals surface area contributed by atoms with E-state index in [2.05, 4.69) is 20.5 Å². The van der Waals surface area contributed by atoms with E-state index < -0.39 is 6.04 Å². The largest absolute Gasteiger partial charge is 0.496 e. The molecule has 0 aliphatic carbocycles. The molecule has 4 rings (SSSR count). The van der Waals surface area contributed by atoms with E-state index in [1.165, 1.54) is 0 Å². The first-order chi connectivity index (χ1) is 16.0. The van der Waals surface area contributed by atoms with Crippen LogP contribution in [0.25, 0.3) is 11.4 Å². The summed E-state index contributed by atoms with van der Waals surface area (Å²) in [4.78, 5) is 17.5. The van der Waals surface area contributed by atoms with Crippen LogP contribution in [-0.4, -0.2) is 37.3 Å². The molecule has 0 saturated heterocycles. The van der Waals surface area contributed by atoms with E-state index in [9.17, 15) is 4.79 Å². The van der Waals surface area contributed by atoms with Crippen molar-refractivity contribution in [1.29, 1.82) is 0 Å². The number of imidazole rings is 1. The molecule has 0 aliphatic rings. The Labute approximate surface area is 197 Å². The minimum absolute atomic E-state index is 0.133. The van der Waals surface area contributed by atoms with Crippen LogP contribution >= 0.6 is 12.2 Å². The molecule has 0 bridgehead atoms. The summed E-state index contributed by atoms with van der Waals surface area (Å²) in [5.74, 6) is 1.97. The lowest BCUT2D eigenvalue weighted by Gasteiger charge is -2.21. The van der Waals surface area contributed by atoms with E-state index >= 15 is 0 Å². The molecule has 2 heterocycles. The van der Waals surface area contributed by atoms with Crippen molar-refractivity contribution >= 4 is 18.1 Å². The molecule has 33 heavy (non-hydrogen) atoms. The van der Waals surface area contributed by atoms with Crippen LogP contribution in [-0.2, 0) is 18.4 Å². The maximum absolute atomic E-state index is 13.1. The number of benzene rings is 2. The molecule has 170 valence electrons.